The Morgan fingerprint density at radius 1 is 1.40 bits per heavy atom. The molecule has 0 aliphatic heterocycles. The number of carboxylic acids is 1. The Hall–Kier alpha value is -1.92. The second-order valence-electron chi connectivity index (χ2n) is 2.51. The highest BCUT2D eigenvalue weighted by molar-refractivity contribution is 5.91. The molecular weight excluding hydrogens is 217 g/mol. The first-order valence-corrected chi connectivity index (χ1v) is 3.60. The van der Waals surface area contributed by atoms with Crippen molar-refractivity contribution in [2.75, 3.05) is 0 Å². The minimum Gasteiger partial charge on any atom is -0.872 e. The van der Waals surface area contributed by atoms with Crippen LogP contribution in [0.15, 0.2) is 18.2 Å². The first-order chi connectivity index (χ1) is 6.79. The molecule has 0 aliphatic rings. The standard InChI is InChI=1S/C8H5F3O4/c9-8(10,11)15-4-1-2-6(12)5(3-4)7(13)14/h1-3,12H,(H,13,14)/p-1. The summed E-state index contributed by atoms with van der Waals surface area (Å²) in [6, 6.07) is 1.98. The van der Waals surface area contributed by atoms with Gasteiger partial charge in [0.05, 0.1) is 5.56 Å². The van der Waals surface area contributed by atoms with Gasteiger partial charge in [0.25, 0.3) is 0 Å². The number of halogens is 3. The normalized spacial score (nSPS) is 11.1. The van der Waals surface area contributed by atoms with Gasteiger partial charge in [0.1, 0.15) is 5.75 Å². The Balaban J connectivity index is 3.03. The maximum Gasteiger partial charge on any atom is 0.573 e. The van der Waals surface area contributed by atoms with Crippen molar-refractivity contribution in [1.29, 1.82) is 0 Å². The second kappa shape index (κ2) is 3.68. The summed E-state index contributed by atoms with van der Waals surface area (Å²) >= 11 is 0. The zero-order valence-corrected chi connectivity index (χ0v) is 7.04. The minimum absolute atomic E-state index is 0.526. The van der Waals surface area contributed by atoms with Crippen LogP contribution in [0.2, 0.25) is 0 Å². The molecule has 0 bridgehead atoms. The molecule has 0 atom stereocenters. The van der Waals surface area contributed by atoms with Crippen molar-refractivity contribution in [3.63, 3.8) is 0 Å². The quantitative estimate of drug-likeness (QED) is 0.818. The van der Waals surface area contributed by atoms with E-state index in [4.69, 9.17) is 5.11 Å². The maximum absolute atomic E-state index is 11.7. The Labute approximate surface area is 81.5 Å². The first-order valence-electron chi connectivity index (χ1n) is 3.60. The molecule has 0 unspecified atom stereocenters. The van der Waals surface area contributed by atoms with Crippen LogP contribution in [0.25, 0.3) is 0 Å². The van der Waals surface area contributed by atoms with Crippen molar-refractivity contribution in [2.45, 2.75) is 6.36 Å². The van der Waals surface area contributed by atoms with Crippen molar-refractivity contribution in [3.8, 4) is 11.5 Å². The summed E-state index contributed by atoms with van der Waals surface area (Å²) in [6.45, 7) is 0. The van der Waals surface area contributed by atoms with Gasteiger partial charge in [0.15, 0.2) is 0 Å². The highest BCUT2D eigenvalue weighted by Crippen LogP contribution is 2.26. The van der Waals surface area contributed by atoms with Gasteiger partial charge >= 0.3 is 12.3 Å². The third kappa shape index (κ3) is 3.04. The average Bonchev–Trinajstić information content (AvgIpc) is 2.05. The molecule has 0 radical (unpaired) electrons. The number of benzene rings is 1. The fourth-order valence-electron chi connectivity index (χ4n) is 0.873. The third-order valence-corrected chi connectivity index (χ3v) is 1.42. The Morgan fingerprint density at radius 2 is 2.00 bits per heavy atom. The Morgan fingerprint density at radius 3 is 2.47 bits per heavy atom. The molecular formula is C8H4F3O4-. The van der Waals surface area contributed by atoms with Crippen LogP contribution in [0, 0.1) is 0 Å². The van der Waals surface area contributed by atoms with Gasteiger partial charge in [0, 0.05) is 0 Å². The Kier molecular flexibility index (Phi) is 2.74. The summed E-state index contributed by atoms with van der Waals surface area (Å²) in [5.41, 5.74) is -0.767. The van der Waals surface area contributed by atoms with Gasteiger partial charge < -0.3 is 14.9 Å². The monoisotopic (exact) mass is 221 g/mol. The van der Waals surface area contributed by atoms with Gasteiger partial charge in [-0.15, -0.1) is 13.2 Å². The van der Waals surface area contributed by atoms with Crippen LogP contribution >= 0.6 is 0 Å². The molecule has 82 valence electrons. The predicted octanol–water partition coefficient (Wildman–Crippen LogP) is 1.36. The fourth-order valence-corrected chi connectivity index (χ4v) is 0.873. The van der Waals surface area contributed by atoms with Crippen LogP contribution in [-0.2, 0) is 0 Å². The van der Waals surface area contributed by atoms with Crippen molar-refractivity contribution in [1.82, 2.24) is 0 Å². The number of rotatable bonds is 2. The molecule has 1 aromatic carbocycles. The van der Waals surface area contributed by atoms with Crippen LogP contribution in [0.4, 0.5) is 13.2 Å². The summed E-state index contributed by atoms with van der Waals surface area (Å²) in [6.07, 6.45) is -4.92. The van der Waals surface area contributed by atoms with Crippen LogP contribution in [0.5, 0.6) is 11.5 Å². The summed E-state index contributed by atoms with van der Waals surface area (Å²) in [5, 5.41) is 19.3. The number of ether oxygens (including phenoxy) is 1. The molecule has 0 saturated heterocycles. The number of carboxylic acid groups (broad SMARTS) is 1. The summed E-state index contributed by atoms with van der Waals surface area (Å²) in [7, 11) is 0. The predicted molar refractivity (Wildman–Crippen MR) is 39.5 cm³/mol. The van der Waals surface area contributed by atoms with E-state index in [-0.39, 0.29) is 0 Å². The number of alkyl halides is 3. The van der Waals surface area contributed by atoms with Crippen molar-refractivity contribution in [2.24, 2.45) is 0 Å². The lowest BCUT2D eigenvalue weighted by atomic mass is 10.2. The average molecular weight is 221 g/mol. The largest absolute Gasteiger partial charge is 0.872 e. The lowest BCUT2D eigenvalue weighted by molar-refractivity contribution is -0.276. The van der Waals surface area contributed by atoms with Crippen LogP contribution in [0.3, 0.4) is 0 Å². The van der Waals surface area contributed by atoms with Crippen molar-refractivity contribution in [3.05, 3.63) is 23.8 Å². The van der Waals surface area contributed by atoms with Gasteiger partial charge in [-0.25, -0.2) is 4.79 Å². The first kappa shape index (κ1) is 11.2. The van der Waals surface area contributed by atoms with E-state index in [0.717, 1.165) is 6.07 Å². The molecule has 1 N–H and O–H groups in total. The lowest BCUT2D eigenvalue weighted by Gasteiger charge is -2.13. The molecule has 4 nitrogen and oxygen atoms in total. The van der Waals surface area contributed by atoms with E-state index in [9.17, 15) is 23.1 Å². The van der Waals surface area contributed by atoms with Crippen LogP contribution in [0.1, 0.15) is 10.4 Å². The van der Waals surface area contributed by atoms with E-state index < -0.39 is 29.4 Å². The minimum atomic E-state index is -4.92. The van der Waals surface area contributed by atoms with Gasteiger partial charge in [0.2, 0.25) is 0 Å². The van der Waals surface area contributed by atoms with E-state index in [1.165, 1.54) is 0 Å². The second-order valence-corrected chi connectivity index (χ2v) is 2.51. The van der Waals surface area contributed by atoms with E-state index in [2.05, 4.69) is 4.74 Å². The zero-order chi connectivity index (χ0) is 11.6. The number of aromatic carboxylic acids is 1. The smallest absolute Gasteiger partial charge is 0.573 e. The molecule has 0 aromatic heterocycles. The number of hydrogen-bond acceptors (Lipinski definition) is 3. The molecule has 0 spiro atoms. The molecule has 0 saturated carbocycles. The van der Waals surface area contributed by atoms with E-state index in [0.29, 0.717) is 12.1 Å². The maximum atomic E-state index is 11.7. The lowest BCUT2D eigenvalue weighted by Crippen LogP contribution is -2.17. The van der Waals surface area contributed by atoms with Gasteiger partial charge in [-0.05, 0) is 12.1 Å². The fraction of sp³-hybridized carbons (Fsp3) is 0.125. The van der Waals surface area contributed by atoms with Crippen molar-refractivity contribution < 1.29 is 32.9 Å². The molecule has 0 aliphatic carbocycles. The van der Waals surface area contributed by atoms with Crippen LogP contribution < -0.4 is 9.84 Å². The SMILES string of the molecule is O=C(O)c1cc(OC(F)(F)F)ccc1[O-]. The molecule has 0 heterocycles. The van der Waals surface area contributed by atoms with Gasteiger partial charge in [-0.1, -0.05) is 11.8 Å². The highest BCUT2D eigenvalue weighted by Gasteiger charge is 2.31. The van der Waals surface area contributed by atoms with Gasteiger partial charge in [-0.3, -0.25) is 0 Å². The molecule has 1 aromatic rings. The number of hydrogen-bond donors (Lipinski definition) is 1. The van der Waals surface area contributed by atoms with E-state index in [1.807, 2.05) is 0 Å². The van der Waals surface area contributed by atoms with Crippen LogP contribution in [-0.4, -0.2) is 17.4 Å². The molecule has 0 amide bonds. The zero-order valence-electron chi connectivity index (χ0n) is 7.04. The van der Waals surface area contributed by atoms with Crippen molar-refractivity contribution >= 4 is 5.97 Å². The molecule has 15 heavy (non-hydrogen) atoms. The summed E-state index contributed by atoms with van der Waals surface area (Å²) in [4.78, 5) is 10.4. The van der Waals surface area contributed by atoms with E-state index in [1.54, 1.807) is 0 Å². The molecule has 7 heteroatoms. The molecule has 0 fully saturated rings. The molecule has 1 rings (SSSR count). The topological polar surface area (TPSA) is 69.6 Å². The van der Waals surface area contributed by atoms with E-state index >= 15 is 0 Å². The third-order valence-electron chi connectivity index (χ3n) is 1.42. The number of carbonyl (C=O) groups is 1. The van der Waals surface area contributed by atoms with Gasteiger partial charge in [-0.2, -0.15) is 0 Å². The summed E-state index contributed by atoms with van der Waals surface area (Å²) in [5.74, 6) is -3.22. The summed E-state index contributed by atoms with van der Waals surface area (Å²) < 4.78 is 38.6. The Bertz CT molecular complexity index is 386. The highest BCUT2D eigenvalue weighted by atomic mass is 19.4.